The smallest absolute Gasteiger partial charge is 0.274 e. The van der Waals surface area contributed by atoms with Crippen LogP contribution in [-0.2, 0) is 13.6 Å². The number of carbonyl (C=O) groups is 1. The van der Waals surface area contributed by atoms with Gasteiger partial charge in [-0.15, -0.1) is 0 Å². The van der Waals surface area contributed by atoms with E-state index in [1.807, 2.05) is 43.3 Å². The van der Waals surface area contributed by atoms with Crippen LogP contribution in [0.4, 0.5) is 5.69 Å². The van der Waals surface area contributed by atoms with Crippen LogP contribution in [0.5, 0.6) is 0 Å². The first kappa shape index (κ1) is 15.8. The maximum Gasteiger partial charge on any atom is 0.274 e. The molecule has 116 valence electrons. The molecule has 1 aromatic heterocycles. The van der Waals surface area contributed by atoms with Gasteiger partial charge in [-0.05, 0) is 23.8 Å². The van der Waals surface area contributed by atoms with E-state index in [9.17, 15) is 9.59 Å². The Balaban J connectivity index is 2.10. The summed E-state index contributed by atoms with van der Waals surface area (Å²) in [6.07, 6.45) is 0. The van der Waals surface area contributed by atoms with Gasteiger partial charge < -0.3 is 9.80 Å². The van der Waals surface area contributed by atoms with E-state index in [2.05, 4.69) is 5.10 Å². The number of benzene rings is 1. The van der Waals surface area contributed by atoms with Crippen molar-refractivity contribution in [3.05, 3.63) is 58.0 Å². The lowest BCUT2D eigenvalue weighted by Crippen LogP contribution is -2.30. The summed E-state index contributed by atoms with van der Waals surface area (Å²) in [7, 11) is 7.21. The standard InChI is InChI=1S/C16H20N4O2/c1-18(2)13-7-5-12(6-8-13)11-19(3)16(22)14-9-10-15(21)20(4)17-14/h5-10H,11H2,1-4H3. The Labute approximate surface area is 129 Å². The highest BCUT2D eigenvalue weighted by Gasteiger charge is 2.14. The first-order chi connectivity index (χ1) is 10.4. The molecule has 2 aromatic rings. The summed E-state index contributed by atoms with van der Waals surface area (Å²) < 4.78 is 1.16. The molecule has 0 bridgehead atoms. The molecule has 0 unspecified atom stereocenters. The molecular formula is C16H20N4O2. The van der Waals surface area contributed by atoms with Crippen molar-refractivity contribution in [1.82, 2.24) is 14.7 Å². The van der Waals surface area contributed by atoms with Crippen LogP contribution in [0.3, 0.4) is 0 Å². The molecule has 0 fully saturated rings. The van der Waals surface area contributed by atoms with Gasteiger partial charge in [0.25, 0.3) is 11.5 Å². The van der Waals surface area contributed by atoms with Gasteiger partial charge in [0, 0.05) is 46.5 Å². The van der Waals surface area contributed by atoms with Crippen LogP contribution in [0.1, 0.15) is 16.1 Å². The number of hydrogen-bond donors (Lipinski definition) is 0. The molecule has 0 aliphatic heterocycles. The lowest BCUT2D eigenvalue weighted by atomic mass is 10.2. The molecule has 2 rings (SSSR count). The van der Waals surface area contributed by atoms with Crippen molar-refractivity contribution in [2.75, 3.05) is 26.0 Å². The van der Waals surface area contributed by atoms with Crippen molar-refractivity contribution in [3.8, 4) is 0 Å². The molecule has 1 heterocycles. The molecule has 0 radical (unpaired) electrons. The molecule has 6 nitrogen and oxygen atoms in total. The van der Waals surface area contributed by atoms with Crippen LogP contribution in [0.2, 0.25) is 0 Å². The Morgan fingerprint density at radius 3 is 2.27 bits per heavy atom. The minimum absolute atomic E-state index is 0.215. The number of carbonyl (C=O) groups excluding carboxylic acids is 1. The second-order valence-corrected chi connectivity index (χ2v) is 5.40. The lowest BCUT2D eigenvalue weighted by Gasteiger charge is -2.18. The molecule has 1 aromatic carbocycles. The maximum atomic E-state index is 12.3. The Bertz CT molecular complexity index is 720. The highest BCUT2D eigenvalue weighted by Crippen LogP contribution is 2.14. The molecule has 22 heavy (non-hydrogen) atoms. The monoisotopic (exact) mass is 300 g/mol. The highest BCUT2D eigenvalue weighted by molar-refractivity contribution is 5.91. The average Bonchev–Trinajstić information content (AvgIpc) is 2.49. The third-order valence-corrected chi connectivity index (χ3v) is 3.40. The molecule has 1 amide bonds. The summed E-state index contributed by atoms with van der Waals surface area (Å²) in [6, 6.07) is 10.8. The van der Waals surface area contributed by atoms with E-state index in [1.54, 1.807) is 11.9 Å². The Kier molecular flexibility index (Phi) is 4.60. The predicted molar refractivity (Wildman–Crippen MR) is 86.0 cm³/mol. The summed E-state index contributed by atoms with van der Waals surface area (Å²) in [5, 5.41) is 3.98. The molecule has 6 heteroatoms. The lowest BCUT2D eigenvalue weighted by molar-refractivity contribution is 0.0776. The summed E-state index contributed by atoms with van der Waals surface area (Å²) in [5.74, 6) is -0.215. The average molecular weight is 300 g/mol. The number of aryl methyl sites for hydroxylation is 1. The second-order valence-electron chi connectivity index (χ2n) is 5.40. The summed E-state index contributed by atoms with van der Waals surface area (Å²) in [6.45, 7) is 0.483. The van der Waals surface area contributed by atoms with Crippen molar-refractivity contribution in [2.24, 2.45) is 7.05 Å². The molecule has 0 aliphatic rings. The zero-order chi connectivity index (χ0) is 16.3. The van der Waals surface area contributed by atoms with Crippen molar-refractivity contribution in [1.29, 1.82) is 0 Å². The summed E-state index contributed by atoms with van der Waals surface area (Å²) >= 11 is 0. The van der Waals surface area contributed by atoms with Gasteiger partial charge in [0.05, 0.1) is 0 Å². The van der Waals surface area contributed by atoms with Crippen molar-refractivity contribution < 1.29 is 4.79 Å². The molecule has 0 aliphatic carbocycles. The summed E-state index contributed by atoms with van der Waals surface area (Å²) in [5.41, 5.74) is 2.16. The van der Waals surface area contributed by atoms with Crippen molar-refractivity contribution in [3.63, 3.8) is 0 Å². The van der Waals surface area contributed by atoms with Gasteiger partial charge >= 0.3 is 0 Å². The first-order valence-electron chi connectivity index (χ1n) is 6.94. The van der Waals surface area contributed by atoms with Crippen molar-refractivity contribution >= 4 is 11.6 Å². The number of nitrogens with zero attached hydrogens (tertiary/aromatic N) is 4. The van der Waals surface area contributed by atoms with E-state index in [0.29, 0.717) is 6.54 Å². The molecule has 0 spiro atoms. The minimum Gasteiger partial charge on any atom is -0.378 e. The van der Waals surface area contributed by atoms with E-state index in [0.717, 1.165) is 15.9 Å². The van der Waals surface area contributed by atoms with Gasteiger partial charge in [-0.25, -0.2) is 4.68 Å². The number of rotatable bonds is 4. The molecule has 0 saturated carbocycles. The van der Waals surface area contributed by atoms with Gasteiger partial charge in [0.15, 0.2) is 0 Å². The van der Waals surface area contributed by atoms with Crippen LogP contribution in [0.25, 0.3) is 0 Å². The van der Waals surface area contributed by atoms with Crippen LogP contribution < -0.4 is 10.5 Å². The van der Waals surface area contributed by atoms with Gasteiger partial charge in [-0.1, -0.05) is 12.1 Å². The third kappa shape index (κ3) is 3.52. The van der Waals surface area contributed by atoms with Crippen molar-refractivity contribution in [2.45, 2.75) is 6.54 Å². The first-order valence-corrected chi connectivity index (χ1v) is 6.94. The van der Waals surface area contributed by atoms with E-state index in [4.69, 9.17) is 0 Å². The van der Waals surface area contributed by atoms with Gasteiger partial charge in [-0.3, -0.25) is 9.59 Å². The largest absolute Gasteiger partial charge is 0.378 e. The predicted octanol–water partition coefficient (Wildman–Crippen LogP) is 1.12. The molecule has 0 N–H and O–H groups in total. The number of amides is 1. The van der Waals surface area contributed by atoms with Gasteiger partial charge in [-0.2, -0.15) is 5.10 Å². The fourth-order valence-corrected chi connectivity index (χ4v) is 2.06. The van der Waals surface area contributed by atoms with Crippen LogP contribution in [0, 0.1) is 0 Å². The zero-order valence-corrected chi connectivity index (χ0v) is 13.3. The van der Waals surface area contributed by atoms with E-state index in [1.165, 1.54) is 19.2 Å². The van der Waals surface area contributed by atoms with E-state index in [-0.39, 0.29) is 17.2 Å². The third-order valence-electron chi connectivity index (χ3n) is 3.40. The molecular weight excluding hydrogens is 280 g/mol. The minimum atomic E-state index is -0.238. The fourth-order valence-electron chi connectivity index (χ4n) is 2.06. The van der Waals surface area contributed by atoms with E-state index < -0.39 is 0 Å². The Morgan fingerprint density at radius 1 is 1.09 bits per heavy atom. The summed E-state index contributed by atoms with van der Waals surface area (Å²) in [4.78, 5) is 27.2. The number of hydrogen-bond acceptors (Lipinski definition) is 4. The maximum absolute atomic E-state index is 12.3. The van der Waals surface area contributed by atoms with Crippen LogP contribution in [-0.4, -0.2) is 41.7 Å². The topological polar surface area (TPSA) is 58.4 Å². The fraction of sp³-hybridized carbons (Fsp3) is 0.312. The zero-order valence-electron chi connectivity index (χ0n) is 13.3. The Hall–Kier alpha value is -2.63. The highest BCUT2D eigenvalue weighted by atomic mass is 16.2. The molecule has 0 atom stereocenters. The van der Waals surface area contributed by atoms with E-state index >= 15 is 0 Å². The quantitative estimate of drug-likeness (QED) is 0.849. The number of anilines is 1. The Morgan fingerprint density at radius 2 is 1.73 bits per heavy atom. The SMILES string of the molecule is CN(Cc1ccc(N(C)C)cc1)C(=O)c1ccc(=O)n(C)n1. The van der Waals surface area contributed by atoms with Gasteiger partial charge in [0.2, 0.25) is 0 Å². The van der Waals surface area contributed by atoms with Gasteiger partial charge in [0.1, 0.15) is 5.69 Å². The number of aromatic nitrogens is 2. The second kappa shape index (κ2) is 6.43. The molecule has 0 saturated heterocycles. The van der Waals surface area contributed by atoms with Crippen LogP contribution in [0.15, 0.2) is 41.2 Å². The van der Waals surface area contributed by atoms with Crippen LogP contribution >= 0.6 is 0 Å². The normalized spacial score (nSPS) is 10.4.